The number of aromatic nitrogens is 4. The fourth-order valence-electron chi connectivity index (χ4n) is 3.62. The van der Waals surface area contributed by atoms with E-state index in [2.05, 4.69) is 10.2 Å². The second kappa shape index (κ2) is 8.84. The molecule has 0 bridgehead atoms. The molecule has 0 unspecified atom stereocenters. The number of carboxylic acid groups (broad SMARTS) is 1. The van der Waals surface area contributed by atoms with Gasteiger partial charge in [-0.05, 0) is 60.3 Å². The topological polar surface area (TPSA) is 72.9 Å². The molecule has 2 aromatic carbocycles. The number of fused-ring (bicyclic) bond motifs is 1. The van der Waals surface area contributed by atoms with E-state index in [1.165, 1.54) is 10.9 Å². The van der Waals surface area contributed by atoms with Crippen LogP contribution in [-0.2, 0) is 17.1 Å². The lowest BCUT2D eigenvalue weighted by atomic mass is 10.1. The molecule has 33 heavy (non-hydrogen) atoms. The normalized spacial score (nSPS) is 11.3. The molecule has 0 radical (unpaired) electrons. The van der Waals surface area contributed by atoms with Crippen molar-refractivity contribution in [3.8, 4) is 16.1 Å². The van der Waals surface area contributed by atoms with Gasteiger partial charge in [0.1, 0.15) is 12.2 Å². The summed E-state index contributed by atoms with van der Waals surface area (Å²) in [6.07, 6.45) is 1.78. The van der Waals surface area contributed by atoms with Gasteiger partial charge in [-0.1, -0.05) is 12.1 Å². The van der Waals surface area contributed by atoms with Crippen molar-refractivity contribution < 1.29 is 14.3 Å². The average Bonchev–Trinajstić information content (AvgIpc) is 3.53. The lowest BCUT2D eigenvalue weighted by molar-refractivity contribution is -0.137. The van der Waals surface area contributed by atoms with Crippen molar-refractivity contribution in [2.75, 3.05) is 0 Å². The summed E-state index contributed by atoms with van der Waals surface area (Å²) in [6.45, 7) is 1.80. The van der Waals surface area contributed by atoms with Crippen molar-refractivity contribution in [3.05, 3.63) is 83.4 Å². The number of aliphatic carboxylic acids is 1. The molecule has 0 spiro atoms. The third kappa shape index (κ3) is 4.42. The van der Waals surface area contributed by atoms with Crippen LogP contribution >= 0.6 is 23.1 Å². The highest BCUT2D eigenvalue weighted by Crippen LogP contribution is 2.29. The van der Waals surface area contributed by atoms with Gasteiger partial charge in [-0.15, -0.1) is 27.9 Å². The van der Waals surface area contributed by atoms with Crippen molar-refractivity contribution >= 4 is 40.0 Å². The second-order valence-corrected chi connectivity index (χ2v) is 9.51. The van der Waals surface area contributed by atoms with Crippen LogP contribution in [0.4, 0.5) is 4.39 Å². The maximum Gasteiger partial charge on any atom is 0.323 e. The van der Waals surface area contributed by atoms with Gasteiger partial charge in [0.15, 0.2) is 5.82 Å². The van der Waals surface area contributed by atoms with Gasteiger partial charge in [0.05, 0.1) is 11.4 Å². The van der Waals surface area contributed by atoms with E-state index in [0.29, 0.717) is 11.4 Å². The van der Waals surface area contributed by atoms with E-state index in [-0.39, 0.29) is 12.4 Å². The zero-order valence-corrected chi connectivity index (χ0v) is 19.2. The Balaban J connectivity index is 1.33. The molecule has 166 valence electrons. The molecular weight excluding hydrogens is 459 g/mol. The van der Waals surface area contributed by atoms with Gasteiger partial charge in [-0.2, -0.15) is 10.2 Å². The molecule has 0 aliphatic rings. The highest BCUT2D eigenvalue weighted by Gasteiger charge is 2.14. The van der Waals surface area contributed by atoms with Gasteiger partial charge in [-0.25, -0.2) is 4.39 Å². The monoisotopic (exact) mass is 478 g/mol. The fraction of sp³-hybridized carbons (Fsp3) is 0.125. The van der Waals surface area contributed by atoms with E-state index >= 15 is 0 Å². The number of halogens is 1. The highest BCUT2D eigenvalue weighted by molar-refractivity contribution is 7.98. The molecule has 0 saturated carbocycles. The molecule has 3 heterocycles. The first-order chi connectivity index (χ1) is 16.0. The number of carbonyl (C=O) groups is 1. The number of carboxylic acids is 1. The van der Waals surface area contributed by atoms with E-state index in [1.807, 2.05) is 54.8 Å². The van der Waals surface area contributed by atoms with Crippen LogP contribution < -0.4 is 0 Å². The Labute approximate surface area is 197 Å². The summed E-state index contributed by atoms with van der Waals surface area (Å²) in [5.74, 6) is -0.657. The van der Waals surface area contributed by atoms with Crippen molar-refractivity contribution in [3.63, 3.8) is 0 Å². The first kappa shape index (κ1) is 21.4. The summed E-state index contributed by atoms with van der Waals surface area (Å²) in [5, 5.41) is 20.9. The second-order valence-electron chi connectivity index (χ2n) is 7.51. The molecule has 0 atom stereocenters. The van der Waals surface area contributed by atoms with E-state index in [1.54, 1.807) is 39.9 Å². The van der Waals surface area contributed by atoms with Crippen molar-refractivity contribution in [1.29, 1.82) is 0 Å². The van der Waals surface area contributed by atoms with Crippen LogP contribution in [0.3, 0.4) is 0 Å². The highest BCUT2D eigenvalue weighted by atomic mass is 32.2. The zero-order chi connectivity index (χ0) is 22.9. The van der Waals surface area contributed by atoms with Gasteiger partial charge in [0.25, 0.3) is 0 Å². The molecular formula is C24H19FN4O2S2. The number of hydrogen-bond donors (Lipinski definition) is 1. The van der Waals surface area contributed by atoms with Crippen LogP contribution in [0.2, 0.25) is 0 Å². The number of thiophene rings is 1. The number of thioether (sulfide) groups is 1. The van der Waals surface area contributed by atoms with Crippen LogP contribution in [0.1, 0.15) is 11.4 Å². The Morgan fingerprint density at radius 3 is 2.79 bits per heavy atom. The molecule has 3 aromatic heterocycles. The van der Waals surface area contributed by atoms with Crippen molar-refractivity contribution in [2.45, 2.75) is 24.1 Å². The van der Waals surface area contributed by atoms with Crippen molar-refractivity contribution in [1.82, 2.24) is 19.6 Å². The number of aryl methyl sites for hydroxylation is 1. The summed E-state index contributed by atoms with van der Waals surface area (Å²) in [6, 6.07) is 16.8. The van der Waals surface area contributed by atoms with Crippen LogP contribution in [0.15, 0.2) is 71.1 Å². The summed E-state index contributed by atoms with van der Waals surface area (Å²) in [4.78, 5) is 14.4. The van der Waals surface area contributed by atoms with Gasteiger partial charge in [0, 0.05) is 32.6 Å². The Morgan fingerprint density at radius 2 is 2.03 bits per heavy atom. The molecule has 0 fully saturated rings. The third-order valence-corrected chi connectivity index (χ3v) is 7.19. The summed E-state index contributed by atoms with van der Waals surface area (Å²) < 4.78 is 16.5. The van der Waals surface area contributed by atoms with Gasteiger partial charge < -0.3 is 9.67 Å². The Kier molecular flexibility index (Phi) is 5.74. The van der Waals surface area contributed by atoms with Crippen LogP contribution in [0, 0.1) is 12.7 Å². The van der Waals surface area contributed by atoms with Gasteiger partial charge >= 0.3 is 5.97 Å². The maximum atomic E-state index is 14.8. The minimum atomic E-state index is -0.873. The first-order valence-electron chi connectivity index (χ1n) is 10.2. The van der Waals surface area contributed by atoms with Gasteiger partial charge in [-0.3, -0.25) is 4.79 Å². The Hall–Kier alpha value is -3.43. The lowest BCUT2D eigenvalue weighted by Crippen LogP contribution is -2.06. The summed E-state index contributed by atoms with van der Waals surface area (Å²) >= 11 is 3.17. The van der Waals surface area contributed by atoms with Crippen LogP contribution in [0.25, 0.3) is 27.0 Å². The van der Waals surface area contributed by atoms with Crippen molar-refractivity contribution in [2.24, 2.45) is 0 Å². The lowest BCUT2D eigenvalue weighted by Gasteiger charge is -2.04. The molecule has 0 amide bonds. The Morgan fingerprint density at radius 1 is 1.15 bits per heavy atom. The van der Waals surface area contributed by atoms with Crippen LogP contribution in [0.5, 0.6) is 0 Å². The molecule has 6 nitrogen and oxygen atoms in total. The quantitative estimate of drug-likeness (QED) is 0.301. The molecule has 5 rings (SSSR count). The third-order valence-electron chi connectivity index (χ3n) is 5.27. The van der Waals surface area contributed by atoms with E-state index in [9.17, 15) is 9.18 Å². The first-order valence-corrected chi connectivity index (χ1v) is 12.0. The average molecular weight is 479 g/mol. The minimum Gasteiger partial charge on any atom is -0.480 e. The predicted molar refractivity (Wildman–Crippen MR) is 129 cm³/mol. The summed E-state index contributed by atoms with van der Waals surface area (Å²) in [7, 11) is 0. The molecule has 0 aliphatic heterocycles. The SMILES string of the molecule is Cc1nn(-c2ccc(-c3cccs3)cc2F)nc1CSc1ccc2c(ccn2CC(=O)O)c1. The standard InChI is InChI=1S/C24H19FN4O2S2/c1-15-20(14-33-18-5-7-21-16(11-18)8-9-28(21)13-24(30)31)27-29(26-15)22-6-4-17(12-19(22)25)23-3-2-10-32-23/h2-12H,13-14H2,1H3,(H,30,31). The maximum absolute atomic E-state index is 14.8. The van der Waals surface area contributed by atoms with E-state index in [4.69, 9.17) is 5.11 Å². The molecule has 9 heteroatoms. The molecule has 0 aliphatic carbocycles. The zero-order valence-electron chi connectivity index (χ0n) is 17.6. The molecule has 1 N–H and O–H groups in total. The fourth-order valence-corrected chi connectivity index (χ4v) is 5.29. The van der Waals surface area contributed by atoms with E-state index < -0.39 is 5.97 Å². The number of nitrogens with zero attached hydrogens (tertiary/aromatic N) is 4. The number of rotatable bonds is 7. The predicted octanol–water partition coefficient (Wildman–Crippen LogP) is 5.77. The largest absolute Gasteiger partial charge is 0.480 e. The minimum absolute atomic E-state index is 0.0663. The van der Waals surface area contributed by atoms with E-state index in [0.717, 1.165) is 37.6 Å². The Bertz CT molecular complexity index is 1460. The number of hydrogen-bond acceptors (Lipinski definition) is 5. The van der Waals surface area contributed by atoms with Crippen LogP contribution in [-0.4, -0.2) is 30.6 Å². The summed E-state index contributed by atoms with van der Waals surface area (Å²) in [5.41, 5.74) is 3.56. The smallest absolute Gasteiger partial charge is 0.323 e. The molecule has 0 saturated heterocycles. The molecule has 5 aromatic rings. The van der Waals surface area contributed by atoms with Gasteiger partial charge in [0.2, 0.25) is 0 Å². The number of benzene rings is 2.